The number of amides is 1. The fraction of sp³-hybridized carbons (Fsp3) is 0.158. The number of benzene rings is 2. The summed E-state index contributed by atoms with van der Waals surface area (Å²) in [6.45, 7) is 0. The maximum Gasteiger partial charge on any atom is 0.224 e. The third-order valence-corrected chi connectivity index (χ3v) is 4.55. The van der Waals surface area contributed by atoms with Crippen LogP contribution in [0.4, 0.5) is 10.1 Å². The molecule has 1 amide bonds. The number of nitrogens with zero attached hydrogens (tertiary/aromatic N) is 1. The van der Waals surface area contributed by atoms with Crippen LogP contribution >= 0.6 is 11.3 Å². The average molecular weight is 356 g/mol. The zero-order chi connectivity index (χ0) is 17.6. The monoisotopic (exact) mass is 356 g/mol. The smallest absolute Gasteiger partial charge is 0.224 e. The van der Waals surface area contributed by atoms with Gasteiger partial charge in [0.05, 0.1) is 12.8 Å². The molecular weight excluding hydrogens is 339 g/mol. The minimum atomic E-state index is -0.374. The summed E-state index contributed by atoms with van der Waals surface area (Å²) >= 11 is 1.54. The highest BCUT2D eigenvalue weighted by Crippen LogP contribution is 2.26. The summed E-state index contributed by atoms with van der Waals surface area (Å²) in [4.78, 5) is 16.5. The van der Waals surface area contributed by atoms with Crippen molar-refractivity contribution in [2.75, 3.05) is 12.4 Å². The van der Waals surface area contributed by atoms with E-state index in [1.165, 1.54) is 12.1 Å². The number of aromatic nitrogens is 1. The molecule has 0 spiro atoms. The Morgan fingerprint density at radius 1 is 1.24 bits per heavy atom. The highest BCUT2D eigenvalue weighted by Gasteiger charge is 2.08. The van der Waals surface area contributed by atoms with Gasteiger partial charge in [0.25, 0.3) is 0 Å². The van der Waals surface area contributed by atoms with Crippen molar-refractivity contribution in [1.82, 2.24) is 4.98 Å². The van der Waals surface area contributed by atoms with Crippen LogP contribution in [0.25, 0.3) is 10.6 Å². The minimum absolute atomic E-state index is 0.162. The molecule has 3 aromatic rings. The Morgan fingerprint density at radius 3 is 2.76 bits per heavy atom. The Balaban J connectivity index is 1.56. The summed E-state index contributed by atoms with van der Waals surface area (Å²) in [6.07, 6.45) is 0.829. The number of carbonyl (C=O) groups excluding carboxylic acids is 1. The Hall–Kier alpha value is -2.73. The summed E-state index contributed by atoms with van der Waals surface area (Å²) in [7, 11) is 1.63. The van der Waals surface area contributed by atoms with Crippen LogP contribution in [0, 0.1) is 5.82 Å². The van der Waals surface area contributed by atoms with Crippen molar-refractivity contribution in [3.8, 4) is 16.3 Å². The van der Waals surface area contributed by atoms with Gasteiger partial charge in [-0.15, -0.1) is 11.3 Å². The Bertz CT molecular complexity index is 862. The molecule has 1 N–H and O–H groups in total. The predicted octanol–water partition coefficient (Wildman–Crippen LogP) is 4.53. The van der Waals surface area contributed by atoms with Gasteiger partial charge in [-0.25, -0.2) is 9.37 Å². The van der Waals surface area contributed by atoms with E-state index in [0.29, 0.717) is 18.5 Å². The van der Waals surface area contributed by atoms with Crippen molar-refractivity contribution >= 4 is 22.9 Å². The van der Waals surface area contributed by atoms with Gasteiger partial charge in [-0.1, -0.05) is 6.07 Å². The highest BCUT2D eigenvalue weighted by molar-refractivity contribution is 7.13. The third kappa shape index (κ3) is 4.64. The van der Waals surface area contributed by atoms with E-state index in [0.717, 1.165) is 22.0 Å². The molecule has 1 aromatic heterocycles. The van der Waals surface area contributed by atoms with E-state index in [9.17, 15) is 9.18 Å². The molecule has 0 aliphatic rings. The molecule has 0 radical (unpaired) electrons. The van der Waals surface area contributed by atoms with Gasteiger partial charge in [0, 0.05) is 23.1 Å². The lowest BCUT2D eigenvalue weighted by Gasteiger charge is -2.04. The van der Waals surface area contributed by atoms with Gasteiger partial charge in [0.2, 0.25) is 5.91 Å². The van der Waals surface area contributed by atoms with E-state index in [1.54, 1.807) is 30.6 Å². The second-order valence-corrected chi connectivity index (χ2v) is 6.29. The molecule has 3 rings (SSSR count). The number of hydrogen-bond donors (Lipinski definition) is 1. The number of thiazole rings is 1. The zero-order valence-corrected chi connectivity index (χ0v) is 14.5. The van der Waals surface area contributed by atoms with Gasteiger partial charge >= 0.3 is 0 Å². The van der Waals surface area contributed by atoms with Gasteiger partial charge in [-0.2, -0.15) is 0 Å². The molecule has 128 valence electrons. The van der Waals surface area contributed by atoms with E-state index in [1.807, 2.05) is 29.6 Å². The zero-order valence-electron chi connectivity index (χ0n) is 13.7. The first kappa shape index (κ1) is 17.1. The number of hydrogen-bond acceptors (Lipinski definition) is 4. The Morgan fingerprint density at radius 2 is 2.04 bits per heavy atom. The normalized spacial score (nSPS) is 10.5. The summed E-state index contributed by atoms with van der Waals surface area (Å²) in [6, 6.07) is 13.5. The summed E-state index contributed by atoms with van der Waals surface area (Å²) in [5.74, 6) is 0.264. The highest BCUT2D eigenvalue weighted by atomic mass is 32.1. The van der Waals surface area contributed by atoms with Gasteiger partial charge in [0.1, 0.15) is 16.6 Å². The minimum Gasteiger partial charge on any atom is -0.497 e. The lowest BCUT2D eigenvalue weighted by Crippen LogP contribution is -2.12. The van der Waals surface area contributed by atoms with E-state index < -0.39 is 0 Å². The van der Waals surface area contributed by atoms with Crippen molar-refractivity contribution in [2.45, 2.75) is 12.8 Å². The molecule has 1 heterocycles. The number of ether oxygens (including phenoxy) is 1. The second kappa shape index (κ2) is 7.90. The molecule has 25 heavy (non-hydrogen) atoms. The van der Waals surface area contributed by atoms with E-state index in [-0.39, 0.29) is 11.7 Å². The number of carbonyl (C=O) groups is 1. The van der Waals surface area contributed by atoms with Crippen LogP contribution in [0.2, 0.25) is 0 Å². The van der Waals surface area contributed by atoms with Crippen molar-refractivity contribution in [2.24, 2.45) is 0 Å². The standard InChI is InChI=1S/C19H17FN2O2S/c1-24-17-8-5-13(6-9-17)19-22-16(12-25-19)7-10-18(23)21-15-4-2-3-14(20)11-15/h2-6,8-9,11-12H,7,10H2,1H3,(H,21,23). The number of aryl methyl sites for hydroxylation is 1. The molecule has 2 aromatic carbocycles. The first-order valence-electron chi connectivity index (χ1n) is 7.78. The van der Waals surface area contributed by atoms with Crippen LogP contribution in [-0.2, 0) is 11.2 Å². The lowest BCUT2D eigenvalue weighted by atomic mass is 10.2. The van der Waals surface area contributed by atoms with E-state index in [4.69, 9.17) is 4.74 Å². The van der Waals surface area contributed by atoms with Gasteiger partial charge in [-0.3, -0.25) is 4.79 Å². The lowest BCUT2D eigenvalue weighted by molar-refractivity contribution is -0.116. The molecule has 4 nitrogen and oxygen atoms in total. The van der Waals surface area contributed by atoms with Crippen LogP contribution in [0.15, 0.2) is 53.9 Å². The maximum atomic E-state index is 13.1. The number of rotatable bonds is 6. The Kier molecular flexibility index (Phi) is 5.40. The van der Waals surface area contributed by atoms with Crippen LogP contribution < -0.4 is 10.1 Å². The maximum absolute atomic E-state index is 13.1. The Labute approximate surface area is 149 Å². The molecule has 0 fully saturated rings. The fourth-order valence-electron chi connectivity index (χ4n) is 2.32. The second-order valence-electron chi connectivity index (χ2n) is 5.43. The summed E-state index contributed by atoms with van der Waals surface area (Å²) < 4.78 is 18.3. The average Bonchev–Trinajstić information content (AvgIpc) is 3.09. The molecule has 0 aliphatic carbocycles. The molecule has 6 heteroatoms. The van der Waals surface area contributed by atoms with Gasteiger partial charge < -0.3 is 10.1 Å². The third-order valence-electron chi connectivity index (χ3n) is 3.61. The number of nitrogens with one attached hydrogen (secondary N) is 1. The van der Waals surface area contributed by atoms with Crippen molar-refractivity contribution in [1.29, 1.82) is 0 Å². The topological polar surface area (TPSA) is 51.2 Å². The van der Waals surface area contributed by atoms with Gasteiger partial charge in [0.15, 0.2) is 0 Å². The van der Waals surface area contributed by atoms with Gasteiger partial charge in [-0.05, 0) is 48.9 Å². The molecular formula is C19H17FN2O2S. The molecule has 0 saturated heterocycles. The molecule has 0 aliphatic heterocycles. The quantitative estimate of drug-likeness (QED) is 0.706. The predicted molar refractivity (Wildman–Crippen MR) is 97.5 cm³/mol. The van der Waals surface area contributed by atoms with Crippen LogP contribution in [-0.4, -0.2) is 18.0 Å². The number of methoxy groups -OCH3 is 1. The largest absolute Gasteiger partial charge is 0.497 e. The number of halogens is 1. The van der Waals surface area contributed by atoms with Crippen molar-refractivity contribution in [3.05, 3.63) is 65.4 Å². The first-order valence-corrected chi connectivity index (χ1v) is 8.66. The van der Waals surface area contributed by atoms with Crippen molar-refractivity contribution in [3.63, 3.8) is 0 Å². The number of anilines is 1. The van der Waals surface area contributed by atoms with E-state index >= 15 is 0 Å². The van der Waals surface area contributed by atoms with Crippen molar-refractivity contribution < 1.29 is 13.9 Å². The first-order chi connectivity index (χ1) is 12.1. The SMILES string of the molecule is COc1ccc(-c2nc(CCC(=O)Nc3cccc(F)c3)cs2)cc1. The van der Waals surface area contributed by atoms with Crippen LogP contribution in [0.3, 0.4) is 0 Å². The summed E-state index contributed by atoms with van der Waals surface area (Å²) in [5.41, 5.74) is 2.34. The molecule has 0 atom stereocenters. The molecule has 0 saturated carbocycles. The van der Waals surface area contributed by atoms with Crippen LogP contribution in [0.5, 0.6) is 5.75 Å². The fourth-order valence-corrected chi connectivity index (χ4v) is 3.18. The molecule has 0 bridgehead atoms. The molecule has 0 unspecified atom stereocenters. The van der Waals surface area contributed by atoms with Crippen LogP contribution in [0.1, 0.15) is 12.1 Å². The summed E-state index contributed by atoms with van der Waals surface area (Å²) in [5, 5.41) is 5.55. The van der Waals surface area contributed by atoms with E-state index in [2.05, 4.69) is 10.3 Å².